The quantitative estimate of drug-likeness (QED) is 0.826. The van der Waals surface area contributed by atoms with Gasteiger partial charge >= 0.3 is 0 Å². The number of aromatic nitrogens is 1. The molecule has 1 aromatic carbocycles. The Morgan fingerprint density at radius 1 is 1.09 bits per heavy atom. The van der Waals surface area contributed by atoms with Crippen molar-refractivity contribution in [3.63, 3.8) is 0 Å². The predicted molar refractivity (Wildman–Crippen MR) is 91.2 cm³/mol. The van der Waals surface area contributed by atoms with Gasteiger partial charge < -0.3 is 9.80 Å². The summed E-state index contributed by atoms with van der Waals surface area (Å²) >= 11 is 3.47. The van der Waals surface area contributed by atoms with E-state index in [0.29, 0.717) is 0 Å². The fourth-order valence-electron chi connectivity index (χ4n) is 2.68. The molecule has 0 bridgehead atoms. The molecule has 3 rings (SSSR count). The van der Waals surface area contributed by atoms with Crippen LogP contribution in [-0.4, -0.2) is 42.0 Å². The van der Waals surface area contributed by atoms with Gasteiger partial charge in [0.25, 0.3) is 5.91 Å². The Kier molecular flexibility index (Phi) is 4.43. The van der Waals surface area contributed by atoms with Gasteiger partial charge in [0.1, 0.15) is 0 Å². The molecule has 1 amide bonds. The van der Waals surface area contributed by atoms with Gasteiger partial charge in [0.2, 0.25) is 0 Å². The molecule has 1 aliphatic rings. The summed E-state index contributed by atoms with van der Waals surface area (Å²) in [6.07, 6.45) is 3.61. The highest BCUT2D eigenvalue weighted by Crippen LogP contribution is 2.20. The van der Waals surface area contributed by atoms with Crippen LogP contribution in [0.5, 0.6) is 0 Å². The van der Waals surface area contributed by atoms with Gasteiger partial charge in [-0.15, -0.1) is 0 Å². The van der Waals surface area contributed by atoms with Crippen LogP contribution in [-0.2, 0) is 0 Å². The molecule has 0 saturated carbocycles. The molecule has 0 spiro atoms. The van der Waals surface area contributed by atoms with Crippen molar-refractivity contribution in [1.29, 1.82) is 0 Å². The number of aryl methyl sites for hydroxylation is 1. The second-order valence-electron chi connectivity index (χ2n) is 5.45. The van der Waals surface area contributed by atoms with Crippen LogP contribution in [0.3, 0.4) is 0 Å². The minimum absolute atomic E-state index is 0.116. The monoisotopic (exact) mass is 359 g/mol. The molecular formula is C17H18BrN3O. The number of carbonyl (C=O) groups is 1. The smallest absolute Gasteiger partial charge is 0.253 e. The molecule has 1 fully saturated rings. The minimum Gasteiger partial charge on any atom is -0.368 e. The van der Waals surface area contributed by atoms with Gasteiger partial charge in [-0.1, -0.05) is 15.9 Å². The molecule has 114 valence electrons. The summed E-state index contributed by atoms with van der Waals surface area (Å²) in [6.45, 7) is 5.20. The zero-order chi connectivity index (χ0) is 15.5. The molecule has 22 heavy (non-hydrogen) atoms. The van der Waals surface area contributed by atoms with Crippen LogP contribution >= 0.6 is 15.9 Å². The minimum atomic E-state index is 0.116. The van der Waals surface area contributed by atoms with E-state index in [1.54, 1.807) is 12.4 Å². The molecule has 0 radical (unpaired) electrons. The molecule has 0 unspecified atom stereocenters. The van der Waals surface area contributed by atoms with Gasteiger partial charge in [-0.25, -0.2) is 0 Å². The predicted octanol–water partition coefficient (Wildman–Crippen LogP) is 3.11. The highest BCUT2D eigenvalue weighted by atomic mass is 79.9. The third-order valence-corrected chi connectivity index (χ3v) is 4.89. The average molecular weight is 360 g/mol. The van der Waals surface area contributed by atoms with E-state index in [4.69, 9.17) is 0 Å². The number of anilines is 1. The molecule has 2 heterocycles. The van der Waals surface area contributed by atoms with E-state index >= 15 is 0 Å². The Labute approximate surface area is 138 Å². The van der Waals surface area contributed by atoms with Gasteiger partial charge in [0.15, 0.2) is 0 Å². The Morgan fingerprint density at radius 2 is 1.77 bits per heavy atom. The lowest BCUT2D eigenvalue weighted by Crippen LogP contribution is -2.48. The van der Waals surface area contributed by atoms with Crippen molar-refractivity contribution in [2.75, 3.05) is 31.1 Å². The van der Waals surface area contributed by atoms with Gasteiger partial charge in [-0.2, -0.15) is 0 Å². The first-order valence-electron chi connectivity index (χ1n) is 7.35. The fraction of sp³-hybridized carbons (Fsp3) is 0.294. The van der Waals surface area contributed by atoms with Crippen LogP contribution < -0.4 is 4.90 Å². The molecule has 0 N–H and O–H groups in total. The lowest BCUT2D eigenvalue weighted by molar-refractivity contribution is 0.0746. The standard InChI is InChI=1S/C17H18BrN3O/c1-13-12-14(2-3-16(13)18)17(22)21-10-8-20(9-11-21)15-4-6-19-7-5-15/h2-7,12H,8-11H2,1H3. The Morgan fingerprint density at radius 3 is 2.41 bits per heavy atom. The number of carbonyl (C=O) groups excluding carboxylic acids is 1. The van der Waals surface area contributed by atoms with Crippen LogP contribution in [0.15, 0.2) is 47.2 Å². The number of hydrogen-bond acceptors (Lipinski definition) is 3. The summed E-state index contributed by atoms with van der Waals surface area (Å²) < 4.78 is 1.03. The third-order valence-electron chi connectivity index (χ3n) is 4.00. The summed E-state index contributed by atoms with van der Waals surface area (Å²) in [6, 6.07) is 9.79. The maximum absolute atomic E-state index is 12.6. The van der Waals surface area contributed by atoms with Crippen molar-refractivity contribution in [2.24, 2.45) is 0 Å². The molecular weight excluding hydrogens is 342 g/mol. The molecule has 4 nitrogen and oxygen atoms in total. The first-order chi connectivity index (χ1) is 10.6. The number of amides is 1. The molecule has 0 atom stereocenters. The first-order valence-corrected chi connectivity index (χ1v) is 8.15. The van der Waals surface area contributed by atoms with E-state index in [-0.39, 0.29) is 5.91 Å². The normalized spacial score (nSPS) is 15.0. The van der Waals surface area contributed by atoms with Gasteiger partial charge in [-0.3, -0.25) is 9.78 Å². The molecule has 0 aliphatic carbocycles. The number of pyridine rings is 1. The number of rotatable bonds is 2. The van der Waals surface area contributed by atoms with Crippen molar-refractivity contribution in [3.05, 3.63) is 58.3 Å². The van der Waals surface area contributed by atoms with Gasteiger partial charge in [-0.05, 0) is 42.8 Å². The number of nitrogens with zero attached hydrogens (tertiary/aromatic N) is 3. The van der Waals surface area contributed by atoms with E-state index in [1.165, 1.54) is 5.69 Å². The number of hydrogen-bond donors (Lipinski definition) is 0. The topological polar surface area (TPSA) is 36.4 Å². The van der Waals surface area contributed by atoms with Gasteiger partial charge in [0, 0.05) is 54.3 Å². The van der Waals surface area contributed by atoms with Crippen LogP contribution in [0, 0.1) is 6.92 Å². The Hall–Kier alpha value is -1.88. The number of benzene rings is 1. The average Bonchev–Trinajstić information content (AvgIpc) is 2.58. The highest BCUT2D eigenvalue weighted by molar-refractivity contribution is 9.10. The summed E-state index contributed by atoms with van der Waals surface area (Å²) in [4.78, 5) is 20.9. The van der Waals surface area contributed by atoms with Crippen LogP contribution in [0.4, 0.5) is 5.69 Å². The maximum atomic E-state index is 12.6. The SMILES string of the molecule is Cc1cc(C(=O)N2CCN(c3ccncc3)CC2)ccc1Br. The van der Waals surface area contributed by atoms with Crippen LogP contribution in [0.1, 0.15) is 15.9 Å². The molecule has 1 aliphatic heterocycles. The largest absolute Gasteiger partial charge is 0.368 e. The summed E-state index contributed by atoms with van der Waals surface area (Å²) in [5.74, 6) is 0.116. The van der Waals surface area contributed by atoms with Crippen molar-refractivity contribution in [2.45, 2.75) is 6.92 Å². The number of halogens is 1. The Balaban J connectivity index is 1.66. The van der Waals surface area contributed by atoms with E-state index in [1.807, 2.05) is 42.2 Å². The lowest BCUT2D eigenvalue weighted by Gasteiger charge is -2.36. The second-order valence-corrected chi connectivity index (χ2v) is 6.30. The third kappa shape index (κ3) is 3.14. The van der Waals surface area contributed by atoms with Crippen molar-refractivity contribution < 1.29 is 4.79 Å². The van der Waals surface area contributed by atoms with E-state index < -0.39 is 0 Å². The second kappa shape index (κ2) is 6.48. The Bertz CT molecular complexity index is 667. The molecule has 1 aromatic heterocycles. The number of piperazine rings is 1. The summed E-state index contributed by atoms with van der Waals surface area (Å²) in [5, 5.41) is 0. The molecule has 5 heteroatoms. The lowest BCUT2D eigenvalue weighted by atomic mass is 10.1. The molecule has 1 saturated heterocycles. The van der Waals surface area contributed by atoms with E-state index in [0.717, 1.165) is 41.8 Å². The van der Waals surface area contributed by atoms with Crippen LogP contribution in [0.25, 0.3) is 0 Å². The van der Waals surface area contributed by atoms with Crippen molar-refractivity contribution in [1.82, 2.24) is 9.88 Å². The summed E-state index contributed by atoms with van der Waals surface area (Å²) in [7, 11) is 0. The zero-order valence-electron chi connectivity index (χ0n) is 12.5. The first kappa shape index (κ1) is 15.0. The van der Waals surface area contributed by atoms with Crippen LogP contribution in [0.2, 0.25) is 0 Å². The molecule has 2 aromatic rings. The van der Waals surface area contributed by atoms with Crippen molar-refractivity contribution >= 4 is 27.5 Å². The summed E-state index contributed by atoms with van der Waals surface area (Å²) in [5.41, 5.74) is 3.01. The van der Waals surface area contributed by atoms with E-state index in [2.05, 4.69) is 25.8 Å². The van der Waals surface area contributed by atoms with Gasteiger partial charge in [0.05, 0.1) is 0 Å². The van der Waals surface area contributed by atoms with Crippen molar-refractivity contribution in [3.8, 4) is 0 Å². The van der Waals surface area contributed by atoms with E-state index in [9.17, 15) is 4.79 Å². The zero-order valence-corrected chi connectivity index (χ0v) is 14.1. The maximum Gasteiger partial charge on any atom is 0.253 e. The highest BCUT2D eigenvalue weighted by Gasteiger charge is 2.22. The fourth-order valence-corrected chi connectivity index (χ4v) is 2.93.